The van der Waals surface area contributed by atoms with E-state index in [0.29, 0.717) is 0 Å². The Balaban J connectivity index is 1.54. The van der Waals surface area contributed by atoms with Crippen LogP contribution in [0.2, 0.25) is 5.02 Å². The Labute approximate surface area is 134 Å². The smallest absolute Gasteiger partial charge is 0.0516 e. The zero-order valence-corrected chi connectivity index (χ0v) is 13.4. The number of hydrogen-bond donors (Lipinski definition) is 1. The fourth-order valence-electron chi connectivity index (χ4n) is 2.50. The molecule has 21 heavy (non-hydrogen) atoms. The molecular weight excluding hydrogens is 298 g/mol. The van der Waals surface area contributed by atoms with E-state index in [4.69, 9.17) is 11.6 Å². The Kier molecular flexibility index (Phi) is 4.91. The summed E-state index contributed by atoms with van der Waals surface area (Å²) in [5.74, 6) is 0. The summed E-state index contributed by atoms with van der Waals surface area (Å²) in [6.45, 7) is 1.98. The summed E-state index contributed by atoms with van der Waals surface area (Å²) in [6, 6.07) is 16.9. The fourth-order valence-corrected chi connectivity index (χ4v) is 3.50. The normalized spacial score (nSPS) is 11.1. The van der Waals surface area contributed by atoms with Crippen molar-refractivity contribution in [1.82, 2.24) is 5.32 Å². The van der Waals surface area contributed by atoms with E-state index in [1.165, 1.54) is 15.8 Å². The van der Waals surface area contributed by atoms with Crippen LogP contribution in [-0.2, 0) is 13.0 Å². The van der Waals surface area contributed by atoms with Crippen LogP contribution in [0.4, 0.5) is 0 Å². The monoisotopic (exact) mass is 315 g/mol. The van der Waals surface area contributed by atoms with E-state index < -0.39 is 0 Å². The lowest BCUT2D eigenvalue weighted by atomic mass is 10.0. The standard InChI is InChI=1S/C18H18ClNS/c19-18-15(10-9-14-5-1-2-8-17(14)18)6-3-11-20-13-16-7-4-12-21-16/h1-2,4-5,7-10,12,20H,3,6,11,13H2. The van der Waals surface area contributed by atoms with Gasteiger partial charge in [0.2, 0.25) is 0 Å². The second-order valence-electron chi connectivity index (χ2n) is 5.12. The summed E-state index contributed by atoms with van der Waals surface area (Å²) >= 11 is 8.31. The third-order valence-electron chi connectivity index (χ3n) is 3.62. The van der Waals surface area contributed by atoms with Crippen molar-refractivity contribution in [2.45, 2.75) is 19.4 Å². The summed E-state index contributed by atoms with van der Waals surface area (Å²) in [5.41, 5.74) is 1.24. The number of thiophene rings is 1. The van der Waals surface area contributed by atoms with Crippen LogP contribution in [0, 0.1) is 0 Å². The van der Waals surface area contributed by atoms with Gasteiger partial charge in [-0.3, -0.25) is 0 Å². The molecular formula is C18H18ClNS. The number of rotatable bonds is 6. The van der Waals surface area contributed by atoms with Crippen molar-refractivity contribution in [3.8, 4) is 0 Å². The Bertz CT molecular complexity index is 706. The van der Waals surface area contributed by atoms with Gasteiger partial charge in [0.05, 0.1) is 5.02 Å². The maximum atomic E-state index is 6.52. The molecule has 1 N–H and O–H groups in total. The Morgan fingerprint density at radius 1 is 1.00 bits per heavy atom. The summed E-state index contributed by atoms with van der Waals surface area (Å²) in [4.78, 5) is 1.39. The molecule has 3 aromatic rings. The number of halogens is 1. The maximum Gasteiger partial charge on any atom is 0.0516 e. The predicted molar refractivity (Wildman–Crippen MR) is 93.3 cm³/mol. The molecule has 1 heterocycles. The van der Waals surface area contributed by atoms with E-state index >= 15 is 0 Å². The first-order valence-electron chi connectivity index (χ1n) is 7.24. The summed E-state index contributed by atoms with van der Waals surface area (Å²) < 4.78 is 0. The van der Waals surface area contributed by atoms with Gasteiger partial charge in [0.1, 0.15) is 0 Å². The highest BCUT2D eigenvalue weighted by molar-refractivity contribution is 7.09. The molecule has 3 heteroatoms. The summed E-state index contributed by atoms with van der Waals surface area (Å²) in [7, 11) is 0. The van der Waals surface area contributed by atoms with Gasteiger partial charge >= 0.3 is 0 Å². The molecule has 0 bridgehead atoms. The quantitative estimate of drug-likeness (QED) is 0.610. The van der Waals surface area contributed by atoms with Gasteiger partial charge in [-0.05, 0) is 41.8 Å². The lowest BCUT2D eigenvalue weighted by Crippen LogP contribution is -2.14. The SMILES string of the molecule is Clc1c(CCCNCc2cccs2)ccc2ccccc12. The molecule has 0 aliphatic heterocycles. The number of aryl methyl sites for hydroxylation is 1. The van der Waals surface area contributed by atoms with Crippen LogP contribution in [0.15, 0.2) is 53.9 Å². The molecule has 0 radical (unpaired) electrons. The van der Waals surface area contributed by atoms with Gasteiger partial charge in [-0.1, -0.05) is 54.1 Å². The lowest BCUT2D eigenvalue weighted by Gasteiger charge is -2.08. The molecule has 1 aromatic heterocycles. The van der Waals surface area contributed by atoms with E-state index in [-0.39, 0.29) is 0 Å². The fraction of sp³-hybridized carbons (Fsp3) is 0.222. The van der Waals surface area contributed by atoms with E-state index in [0.717, 1.165) is 36.3 Å². The van der Waals surface area contributed by atoms with Crippen LogP contribution in [0.3, 0.4) is 0 Å². The zero-order valence-electron chi connectivity index (χ0n) is 11.8. The number of hydrogen-bond acceptors (Lipinski definition) is 2. The van der Waals surface area contributed by atoms with Gasteiger partial charge in [-0.2, -0.15) is 0 Å². The molecule has 0 atom stereocenters. The van der Waals surface area contributed by atoms with Gasteiger partial charge < -0.3 is 5.32 Å². The number of nitrogens with one attached hydrogen (secondary N) is 1. The van der Waals surface area contributed by atoms with E-state index in [9.17, 15) is 0 Å². The number of fused-ring (bicyclic) bond motifs is 1. The molecule has 0 saturated carbocycles. The molecule has 1 nitrogen and oxygen atoms in total. The minimum Gasteiger partial charge on any atom is -0.312 e. The minimum atomic E-state index is 0.909. The van der Waals surface area contributed by atoms with Crippen molar-refractivity contribution in [1.29, 1.82) is 0 Å². The van der Waals surface area contributed by atoms with Gasteiger partial charge in [0.15, 0.2) is 0 Å². The van der Waals surface area contributed by atoms with Crippen molar-refractivity contribution >= 4 is 33.7 Å². The van der Waals surface area contributed by atoms with E-state index in [2.05, 4.69) is 47.1 Å². The van der Waals surface area contributed by atoms with Crippen LogP contribution in [0.1, 0.15) is 16.9 Å². The van der Waals surface area contributed by atoms with Crippen molar-refractivity contribution in [3.63, 3.8) is 0 Å². The number of benzene rings is 2. The molecule has 0 unspecified atom stereocenters. The Morgan fingerprint density at radius 3 is 2.76 bits per heavy atom. The molecule has 0 fully saturated rings. The summed E-state index contributed by atoms with van der Waals surface area (Å²) in [6.07, 6.45) is 2.12. The first-order valence-corrected chi connectivity index (χ1v) is 8.49. The van der Waals surface area contributed by atoms with Gasteiger partial charge in [-0.15, -0.1) is 11.3 Å². The minimum absolute atomic E-state index is 0.909. The summed E-state index contributed by atoms with van der Waals surface area (Å²) in [5, 5.41) is 8.87. The van der Waals surface area contributed by atoms with Crippen molar-refractivity contribution in [3.05, 3.63) is 69.4 Å². The third-order valence-corrected chi connectivity index (χ3v) is 4.94. The highest BCUT2D eigenvalue weighted by Gasteiger charge is 2.04. The van der Waals surface area contributed by atoms with Crippen molar-refractivity contribution in [2.75, 3.05) is 6.54 Å². The van der Waals surface area contributed by atoms with Crippen LogP contribution >= 0.6 is 22.9 Å². The average molecular weight is 316 g/mol. The van der Waals surface area contributed by atoms with Gasteiger partial charge in [0.25, 0.3) is 0 Å². The van der Waals surface area contributed by atoms with Gasteiger partial charge in [-0.25, -0.2) is 0 Å². The highest BCUT2D eigenvalue weighted by Crippen LogP contribution is 2.27. The van der Waals surface area contributed by atoms with Crippen molar-refractivity contribution < 1.29 is 0 Å². The van der Waals surface area contributed by atoms with Crippen LogP contribution in [-0.4, -0.2) is 6.54 Å². The largest absolute Gasteiger partial charge is 0.312 e. The second-order valence-corrected chi connectivity index (χ2v) is 6.53. The van der Waals surface area contributed by atoms with Crippen LogP contribution in [0.25, 0.3) is 10.8 Å². The molecule has 0 spiro atoms. The topological polar surface area (TPSA) is 12.0 Å². The zero-order chi connectivity index (χ0) is 14.5. The van der Waals surface area contributed by atoms with E-state index in [1.807, 2.05) is 12.1 Å². The molecule has 2 aromatic carbocycles. The average Bonchev–Trinajstić information content (AvgIpc) is 3.03. The molecule has 0 amide bonds. The second kappa shape index (κ2) is 7.08. The molecule has 0 aliphatic carbocycles. The molecule has 0 aliphatic rings. The third kappa shape index (κ3) is 3.65. The van der Waals surface area contributed by atoms with Crippen LogP contribution in [0.5, 0.6) is 0 Å². The van der Waals surface area contributed by atoms with Crippen molar-refractivity contribution in [2.24, 2.45) is 0 Å². The lowest BCUT2D eigenvalue weighted by molar-refractivity contribution is 0.654. The van der Waals surface area contributed by atoms with Crippen LogP contribution < -0.4 is 5.32 Å². The predicted octanol–water partition coefficient (Wildman–Crippen LogP) is 5.28. The highest BCUT2D eigenvalue weighted by atomic mass is 35.5. The first kappa shape index (κ1) is 14.6. The van der Waals surface area contributed by atoms with Gasteiger partial charge in [0, 0.05) is 16.8 Å². The molecule has 0 saturated heterocycles. The van der Waals surface area contributed by atoms with E-state index in [1.54, 1.807) is 11.3 Å². The molecule has 3 rings (SSSR count). The Morgan fingerprint density at radius 2 is 1.90 bits per heavy atom. The molecule has 108 valence electrons. The maximum absolute atomic E-state index is 6.52. The Hall–Kier alpha value is -1.35. The first-order chi connectivity index (χ1) is 10.3.